The summed E-state index contributed by atoms with van der Waals surface area (Å²) in [5.41, 5.74) is 4.20. The third-order valence-electron chi connectivity index (χ3n) is 8.45. The number of allylic oxidation sites excluding steroid dienone is 15. The summed E-state index contributed by atoms with van der Waals surface area (Å²) in [4.78, 5) is 12.9. The Bertz CT molecular complexity index is 1410. The monoisotopic (exact) mass is 614 g/mol. The van der Waals surface area contributed by atoms with Gasteiger partial charge < -0.3 is 20.4 Å². The van der Waals surface area contributed by atoms with E-state index in [1.807, 2.05) is 89.3 Å². The van der Waals surface area contributed by atoms with Crippen molar-refractivity contribution in [3.8, 4) is 11.8 Å². The molecular weight excluding hydrogens is 560 g/mol. The average molecular weight is 615 g/mol. The topological polar surface area (TPSA) is 98.0 Å². The number of aliphatic hydroxyl groups excluding tert-OH is 3. The molecule has 0 heterocycles. The van der Waals surface area contributed by atoms with Crippen LogP contribution in [-0.2, 0) is 4.79 Å². The maximum atomic E-state index is 12.9. The van der Waals surface area contributed by atoms with Crippen molar-refractivity contribution in [2.24, 2.45) is 10.8 Å². The van der Waals surface area contributed by atoms with E-state index in [9.17, 15) is 25.2 Å². The molecule has 1 fully saturated rings. The van der Waals surface area contributed by atoms with Gasteiger partial charge in [-0.3, -0.25) is 4.79 Å². The SMILES string of the molecule is CC1=C(C#C/C(=C/C=C/C(C)=C/C=C/C=C(C)\C=C\C=C(/C)C(=O)/C=C2\C(C)(C)C[C@@H](O)C[C@]2(C)O)CO)C(C)(C)C[C@H](O)C1. The summed E-state index contributed by atoms with van der Waals surface area (Å²) in [6.45, 7) is 17.4. The zero-order chi connectivity index (χ0) is 34.0. The lowest BCUT2D eigenvalue weighted by atomic mass is 9.64. The van der Waals surface area contributed by atoms with Gasteiger partial charge in [0.2, 0.25) is 0 Å². The van der Waals surface area contributed by atoms with Crippen LogP contribution in [0.3, 0.4) is 0 Å². The van der Waals surface area contributed by atoms with E-state index in [-0.39, 0.29) is 30.3 Å². The molecule has 0 spiro atoms. The predicted octanol–water partition coefficient (Wildman–Crippen LogP) is 7.34. The third-order valence-corrected chi connectivity index (χ3v) is 8.45. The van der Waals surface area contributed by atoms with Crippen LogP contribution in [0, 0.1) is 22.7 Å². The minimum Gasteiger partial charge on any atom is -0.393 e. The van der Waals surface area contributed by atoms with E-state index in [4.69, 9.17) is 0 Å². The Hall–Kier alpha value is -3.27. The van der Waals surface area contributed by atoms with Crippen LogP contribution in [0.4, 0.5) is 0 Å². The second kappa shape index (κ2) is 16.3. The summed E-state index contributed by atoms with van der Waals surface area (Å²) in [6.07, 6.45) is 21.7. The van der Waals surface area contributed by atoms with E-state index < -0.39 is 17.1 Å². The first-order chi connectivity index (χ1) is 20.9. The molecule has 1 saturated carbocycles. The van der Waals surface area contributed by atoms with Crippen molar-refractivity contribution in [3.05, 3.63) is 106 Å². The molecule has 0 aromatic heterocycles. The predicted molar refractivity (Wildman–Crippen MR) is 186 cm³/mol. The molecule has 0 saturated heterocycles. The van der Waals surface area contributed by atoms with Crippen molar-refractivity contribution < 1.29 is 25.2 Å². The minimum atomic E-state index is -1.22. The molecule has 5 nitrogen and oxygen atoms in total. The van der Waals surface area contributed by atoms with E-state index in [0.717, 1.165) is 22.3 Å². The normalized spacial score (nSPS) is 27.5. The van der Waals surface area contributed by atoms with E-state index in [2.05, 4.69) is 25.7 Å². The van der Waals surface area contributed by atoms with Gasteiger partial charge in [0, 0.05) is 23.0 Å². The van der Waals surface area contributed by atoms with Gasteiger partial charge in [-0.25, -0.2) is 0 Å². The molecule has 2 rings (SSSR count). The average Bonchev–Trinajstić information content (AvgIpc) is 2.90. The Labute approximate surface area is 271 Å². The molecule has 5 heteroatoms. The molecule has 2 aliphatic carbocycles. The van der Waals surface area contributed by atoms with E-state index in [0.29, 0.717) is 36.0 Å². The maximum absolute atomic E-state index is 12.9. The first-order valence-electron chi connectivity index (χ1n) is 15.8. The zero-order valence-corrected chi connectivity index (χ0v) is 28.7. The van der Waals surface area contributed by atoms with Crippen LogP contribution in [0.2, 0.25) is 0 Å². The molecule has 0 aromatic carbocycles. The van der Waals surface area contributed by atoms with Crippen molar-refractivity contribution in [1.29, 1.82) is 0 Å². The summed E-state index contributed by atoms with van der Waals surface area (Å²) >= 11 is 0. The van der Waals surface area contributed by atoms with Gasteiger partial charge in [0.1, 0.15) is 0 Å². The van der Waals surface area contributed by atoms with Crippen LogP contribution in [0.5, 0.6) is 0 Å². The number of hydrogen-bond donors (Lipinski definition) is 4. The first kappa shape index (κ1) is 37.9. The van der Waals surface area contributed by atoms with Crippen LogP contribution >= 0.6 is 0 Å². The molecular formula is C40H54O5. The molecule has 0 aromatic rings. The highest BCUT2D eigenvalue weighted by molar-refractivity contribution is 6.04. The summed E-state index contributed by atoms with van der Waals surface area (Å²) in [5, 5.41) is 40.8. The molecule has 0 amide bonds. The smallest absolute Gasteiger partial charge is 0.181 e. The van der Waals surface area contributed by atoms with E-state index in [1.54, 1.807) is 19.9 Å². The second-order valence-electron chi connectivity index (χ2n) is 14.1. The molecule has 0 bridgehead atoms. The van der Waals surface area contributed by atoms with Crippen LogP contribution < -0.4 is 0 Å². The van der Waals surface area contributed by atoms with Crippen LogP contribution in [0.25, 0.3) is 0 Å². The molecule has 0 aliphatic heterocycles. The largest absolute Gasteiger partial charge is 0.393 e. The Morgan fingerprint density at radius 2 is 1.38 bits per heavy atom. The standard InChI is InChI=1S/C40H54O5/c1-28(16-12-18-30(3)36(44)23-37-39(7,8)25-34(43)26-40(37,9)45)14-10-11-15-29(2)17-13-19-32(27-41)20-21-35-31(4)22-33(42)24-38(35,5)6/h10-19,23,33-34,41-43,45H,22,24-27H2,1-9H3/b11-10+,16-12+,17-13+,28-14-,29-15+,30-18+,32-19-,37-23+/t33-,34-,40+/m1/s1. The molecule has 3 atom stereocenters. The van der Waals surface area contributed by atoms with Gasteiger partial charge in [-0.15, -0.1) is 0 Å². The van der Waals surface area contributed by atoms with Gasteiger partial charge in [-0.2, -0.15) is 0 Å². The third kappa shape index (κ3) is 11.9. The summed E-state index contributed by atoms with van der Waals surface area (Å²) in [7, 11) is 0. The summed E-state index contributed by atoms with van der Waals surface area (Å²) in [5.74, 6) is 6.22. The summed E-state index contributed by atoms with van der Waals surface area (Å²) < 4.78 is 0. The number of hydrogen-bond acceptors (Lipinski definition) is 5. The quantitative estimate of drug-likeness (QED) is 0.124. The van der Waals surface area contributed by atoms with Gasteiger partial charge in [0.15, 0.2) is 5.78 Å². The van der Waals surface area contributed by atoms with Crippen LogP contribution in [0.1, 0.15) is 88.0 Å². The lowest BCUT2D eigenvalue weighted by Crippen LogP contribution is -2.45. The molecule has 0 unspecified atom stereocenters. The first-order valence-corrected chi connectivity index (χ1v) is 15.8. The fourth-order valence-electron chi connectivity index (χ4n) is 6.28. The molecule has 4 N–H and O–H groups in total. The van der Waals surface area contributed by atoms with Crippen LogP contribution in [-0.4, -0.2) is 50.6 Å². The Kier molecular flexibility index (Phi) is 13.8. The zero-order valence-electron chi connectivity index (χ0n) is 28.7. The van der Waals surface area contributed by atoms with Crippen molar-refractivity contribution in [3.63, 3.8) is 0 Å². The Morgan fingerprint density at radius 3 is 1.91 bits per heavy atom. The lowest BCUT2D eigenvalue weighted by Gasteiger charge is -2.45. The highest BCUT2D eigenvalue weighted by atomic mass is 16.3. The molecule has 45 heavy (non-hydrogen) atoms. The Morgan fingerprint density at radius 1 is 0.822 bits per heavy atom. The Balaban J connectivity index is 2.00. The van der Waals surface area contributed by atoms with Gasteiger partial charge in [-0.1, -0.05) is 111 Å². The molecule has 244 valence electrons. The van der Waals surface area contributed by atoms with E-state index in [1.165, 1.54) is 6.08 Å². The highest BCUT2D eigenvalue weighted by Crippen LogP contribution is 2.46. The number of carbonyl (C=O) groups is 1. The van der Waals surface area contributed by atoms with Gasteiger partial charge >= 0.3 is 0 Å². The van der Waals surface area contributed by atoms with Gasteiger partial charge in [0.05, 0.1) is 24.4 Å². The minimum absolute atomic E-state index is 0.140. The highest BCUT2D eigenvalue weighted by Gasteiger charge is 2.44. The number of ketones is 1. The van der Waals surface area contributed by atoms with Crippen molar-refractivity contribution in [2.45, 2.75) is 106 Å². The van der Waals surface area contributed by atoms with Crippen molar-refractivity contribution in [2.75, 3.05) is 6.61 Å². The fraction of sp³-hybridized carbons (Fsp3) is 0.475. The van der Waals surface area contributed by atoms with Crippen LogP contribution in [0.15, 0.2) is 106 Å². The molecule has 0 radical (unpaired) electrons. The van der Waals surface area contributed by atoms with E-state index >= 15 is 0 Å². The summed E-state index contributed by atoms with van der Waals surface area (Å²) in [6, 6.07) is 0. The number of aliphatic hydroxyl groups is 4. The number of carbonyl (C=O) groups excluding carboxylic acids is 1. The lowest BCUT2D eigenvalue weighted by molar-refractivity contribution is -0.111. The number of rotatable bonds is 9. The van der Waals surface area contributed by atoms with Gasteiger partial charge in [-0.05, 0) is 82.6 Å². The maximum Gasteiger partial charge on any atom is 0.181 e. The van der Waals surface area contributed by atoms with Crippen molar-refractivity contribution >= 4 is 5.78 Å². The van der Waals surface area contributed by atoms with Crippen molar-refractivity contribution in [1.82, 2.24) is 0 Å². The van der Waals surface area contributed by atoms with Gasteiger partial charge in [0.25, 0.3) is 0 Å². The fourth-order valence-corrected chi connectivity index (χ4v) is 6.28. The second-order valence-corrected chi connectivity index (χ2v) is 14.1. The molecule has 2 aliphatic rings.